The molecule has 0 aliphatic rings. The summed E-state index contributed by atoms with van der Waals surface area (Å²) in [5.74, 6) is 0.731. The lowest BCUT2D eigenvalue weighted by molar-refractivity contribution is 0.0523. The summed E-state index contributed by atoms with van der Waals surface area (Å²) in [7, 11) is 1.60. The summed E-state index contributed by atoms with van der Waals surface area (Å²) in [5, 5.41) is 2.70. The first-order chi connectivity index (χ1) is 8.31. The monoisotopic (exact) mass is 315 g/mol. The van der Waals surface area contributed by atoms with E-state index in [2.05, 4.69) is 21.2 Å². The fourth-order valence-electron chi connectivity index (χ4n) is 1.37. The Bertz CT molecular complexity index is 427. The summed E-state index contributed by atoms with van der Waals surface area (Å²) in [6.45, 7) is 5.84. The molecule has 0 saturated carbocycles. The average Bonchev–Trinajstić information content (AvgIpc) is 2.24. The Morgan fingerprint density at radius 2 is 2.06 bits per heavy atom. The number of halogens is 1. The Morgan fingerprint density at radius 3 is 2.61 bits per heavy atom. The van der Waals surface area contributed by atoms with Gasteiger partial charge < -0.3 is 14.8 Å². The standard InChI is InChI=1S/C13H18BrNO3/c1-13(2,3)18-12(16)15-8-9-7-10(14)5-6-11(9)17-4/h5-7H,8H2,1-4H3,(H,15,16). The number of ether oxygens (including phenoxy) is 2. The SMILES string of the molecule is COc1ccc(Br)cc1CNC(=O)OC(C)(C)C. The van der Waals surface area contributed by atoms with E-state index in [9.17, 15) is 4.79 Å². The Labute approximate surface area is 116 Å². The number of methoxy groups -OCH3 is 1. The van der Waals surface area contributed by atoms with Crippen molar-refractivity contribution in [2.24, 2.45) is 0 Å². The van der Waals surface area contributed by atoms with Crippen molar-refractivity contribution in [1.29, 1.82) is 0 Å². The quantitative estimate of drug-likeness (QED) is 0.929. The molecule has 100 valence electrons. The molecule has 1 rings (SSSR count). The number of benzene rings is 1. The number of amides is 1. The molecule has 0 atom stereocenters. The number of hydrogen-bond acceptors (Lipinski definition) is 3. The lowest BCUT2D eigenvalue weighted by Gasteiger charge is -2.20. The van der Waals surface area contributed by atoms with Crippen molar-refractivity contribution in [3.63, 3.8) is 0 Å². The van der Waals surface area contributed by atoms with Crippen LogP contribution in [0.2, 0.25) is 0 Å². The van der Waals surface area contributed by atoms with Crippen LogP contribution in [0.5, 0.6) is 5.75 Å². The molecule has 5 heteroatoms. The van der Waals surface area contributed by atoms with E-state index in [4.69, 9.17) is 9.47 Å². The Balaban J connectivity index is 2.63. The molecule has 1 amide bonds. The van der Waals surface area contributed by atoms with Gasteiger partial charge in [-0.25, -0.2) is 4.79 Å². The molecule has 0 aliphatic heterocycles. The molecule has 0 unspecified atom stereocenters. The van der Waals surface area contributed by atoms with Gasteiger partial charge in [-0.15, -0.1) is 0 Å². The molecular weight excluding hydrogens is 298 g/mol. The molecule has 0 fully saturated rings. The maximum absolute atomic E-state index is 11.5. The summed E-state index contributed by atoms with van der Waals surface area (Å²) < 4.78 is 11.3. The lowest BCUT2D eigenvalue weighted by atomic mass is 10.2. The van der Waals surface area contributed by atoms with Crippen LogP contribution in [0.3, 0.4) is 0 Å². The van der Waals surface area contributed by atoms with E-state index in [0.717, 1.165) is 15.8 Å². The molecule has 1 aromatic carbocycles. The van der Waals surface area contributed by atoms with E-state index in [1.807, 2.05) is 39.0 Å². The first-order valence-corrected chi connectivity index (χ1v) is 6.40. The molecule has 0 bridgehead atoms. The average molecular weight is 316 g/mol. The third-order valence-corrected chi connectivity index (χ3v) is 2.56. The number of alkyl carbamates (subject to hydrolysis) is 1. The van der Waals surface area contributed by atoms with Gasteiger partial charge in [0.1, 0.15) is 11.4 Å². The van der Waals surface area contributed by atoms with Gasteiger partial charge in [0, 0.05) is 16.6 Å². The Hall–Kier alpha value is -1.23. The summed E-state index contributed by atoms with van der Waals surface area (Å²) in [4.78, 5) is 11.5. The highest BCUT2D eigenvalue weighted by Gasteiger charge is 2.16. The van der Waals surface area contributed by atoms with Crippen LogP contribution in [0.4, 0.5) is 4.79 Å². The molecule has 1 N–H and O–H groups in total. The van der Waals surface area contributed by atoms with E-state index in [0.29, 0.717) is 6.54 Å². The van der Waals surface area contributed by atoms with Gasteiger partial charge in [0.25, 0.3) is 0 Å². The van der Waals surface area contributed by atoms with Gasteiger partial charge in [0.2, 0.25) is 0 Å². The minimum absolute atomic E-state index is 0.359. The number of carbonyl (C=O) groups excluding carboxylic acids is 1. The predicted molar refractivity (Wildman–Crippen MR) is 73.8 cm³/mol. The lowest BCUT2D eigenvalue weighted by Crippen LogP contribution is -2.32. The van der Waals surface area contributed by atoms with Crippen molar-refractivity contribution >= 4 is 22.0 Å². The predicted octanol–water partition coefficient (Wildman–Crippen LogP) is 3.48. The first-order valence-electron chi connectivity index (χ1n) is 5.61. The van der Waals surface area contributed by atoms with Crippen molar-refractivity contribution in [2.45, 2.75) is 32.9 Å². The second-order valence-electron chi connectivity index (χ2n) is 4.81. The van der Waals surface area contributed by atoms with Crippen LogP contribution in [0, 0.1) is 0 Å². The molecule has 4 nitrogen and oxygen atoms in total. The first kappa shape index (κ1) is 14.8. The van der Waals surface area contributed by atoms with Crippen molar-refractivity contribution in [3.05, 3.63) is 28.2 Å². The second-order valence-corrected chi connectivity index (χ2v) is 5.73. The molecule has 0 aromatic heterocycles. The molecule has 0 heterocycles. The highest BCUT2D eigenvalue weighted by atomic mass is 79.9. The highest BCUT2D eigenvalue weighted by Crippen LogP contribution is 2.22. The maximum Gasteiger partial charge on any atom is 0.407 e. The van der Waals surface area contributed by atoms with E-state index in [1.165, 1.54) is 0 Å². The van der Waals surface area contributed by atoms with E-state index >= 15 is 0 Å². The molecule has 0 radical (unpaired) electrons. The molecule has 0 spiro atoms. The van der Waals surface area contributed by atoms with Crippen molar-refractivity contribution in [1.82, 2.24) is 5.32 Å². The van der Waals surface area contributed by atoms with Gasteiger partial charge in [-0.1, -0.05) is 15.9 Å². The topological polar surface area (TPSA) is 47.6 Å². The van der Waals surface area contributed by atoms with Gasteiger partial charge in [-0.2, -0.15) is 0 Å². The molecule has 0 saturated heterocycles. The third kappa shape index (κ3) is 4.96. The van der Waals surface area contributed by atoms with Gasteiger partial charge in [0.15, 0.2) is 0 Å². The zero-order valence-corrected chi connectivity index (χ0v) is 12.6. The minimum Gasteiger partial charge on any atom is -0.496 e. The van der Waals surface area contributed by atoms with Crippen molar-refractivity contribution in [2.75, 3.05) is 7.11 Å². The minimum atomic E-state index is -0.495. The van der Waals surface area contributed by atoms with Gasteiger partial charge in [0.05, 0.1) is 7.11 Å². The molecule has 1 aromatic rings. The number of rotatable bonds is 3. The largest absolute Gasteiger partial charge is 0.496 e. The van der Waals surface area contributed by atoms with E-state index < -0.39 is 11.7 Å². The van der Waals surface area contributed by atoms with Gasteiger partial charge in [-0.3, -0.25) is 0 Å². The van der Waals surface area contributed by atoms with Crippen LogP contribution in [0.1, 0.15) is 26.3 Å². The van der Waals surface area contributed by atoms with Crippen molar-refractivity contribution in [3.8, 4) is 5.75 Å². The normalized spacial score (nSPS) is 10.9. The zero-order chi connectivity index (χ0) is 13.8. The van der Waals surface area contributed by atoms with Gasteiger partial charge >= 0.3 is 6.09 Å². The van der Waals surface area contributed by atoms with E-state index in [1.54, 1.807) is 7.11 Å². The summed E-state index contributed by atoms with van der Waals surface area (Å²) >= 11 is 3.38. The maximum atomic E-state index is 11.5. The third-order valence-electron chi connectivity index (χ3n) is 2.06. The smallest absolute Gasteiger partial charge is 0.407 e. The van der Waals surface area contributed by atoms with Crippen LogP contribution in [-0.2, 0) is 11.3 Å². The fourth-order valence-corrected chi connectivity index (χ4v) is 1.78. The van der Waals surface area contributed by atoms with Crippen LogP contribution in [0.15, 0.2) is 22.7 Å². The summed E-state index contributed by atoms with van der Waals surface area (Å²) in [5.41, 5.74) is 0.392. The van der Waals surface area contributed by atoms with Crippen LogP contribution in [0.25, 0.3) is 0 Å². The molecule has 18 heavy (non-hydrogen) atoms. The molecule has 0 aliphatic carbocycles. The number of hydrogen-bond donors (Lipinski definition) is 1. The number of nitrogens with one attached hydrogen (secondary N) is 1. The van der Waals surface area contributed by atoms with Crippen LogP contribution >= 0.6 is 15.9 Å². The van der Waals surface area contributed by atoms with Crippen LogP contribution in [-0.4, -0.2) is 18.8 Å². The van der Waals surface area contributed by atoms with Crippen molar-refractivity contribution < 1.29 is 14.3 Å². The highest BCUT2D eigenvalue weighted by molar-refractivity contribution is 9.10. The van der Waals surface area contributed by atoms with Crippen LogP contribution < -0.4 is 10.1 Å². The van der Waals surface area contributed by atoms with Gasteiger partial charge in [-0.05, 0) is 39.0 Å². The Kier molecular flexibility index (Phi) is 5.02. The zero-order valence-electron chi connectivity index (χ0n) is 11.0. The summed E-state index contributed by atoms with van der Waals surface area (Å²) in [6.07, 6.45) is -0.440. The fraction of sp³-hybridized carbons (Fsp3) is 0.462. The molecular formula is C13H18BrNO3. The second kappa shape index (κ2) is 6.09. The Morgan fingerprint density at radius 1 is 1.39 bits per heavy atom. The summed E-state index contributed by atoms with van der Waals surface area (Å²) in [6, 6.07) is 5.63. The van der Waals surface area contributed by atoms with E-state index in [-0.39, 0.29) is 0 Å². The number of carbonyl (C=O) groups is 1.